The maximum atomic E-state index is 11.9. The number of nitrogens with zero attached hydrogens (tertiary/aromatic N) is 5. The Morgan fingerprint density at radius 1 is 1.17 bits per heavy atom. The Balaban J connectivity index is 1.63. The molecule has 3 aromatic rings. The van der Waals surface area contributed by atoms with Crippen molar-refractivity contribution in [1.29, 1.82) is 0 Å². The summed E-state index contributed by atoms with van der Waals surface area (Å²) in [5, 5.41) is 14.8. The summed E-state index contributed by atoms with van der Waals surface area (Å²) in [7, 11) is 0. The van der Waals surface area contributed by atoms with Crippen LogP contribution in [-0.4, -0.2) is 43.0 Å². The average Bonchev–Trinajstić information content (AvgIpc) is 3.24. The van der Waals surface area contributed by atoms with Gasteiger partial charge >= 0.3 is 0 Å². The van der Waals surface area contributed by atoms with Gasteiger partial charge in [-0.05, 0) is 43.5 Å². The quantitative estimate of drug-likeness (QED) is 0.484. The smallest absolute Gasteiger partial charge is 0.254 e. The number of aryl methyl sites for hydroxylation is 1. The van der Waals surface area contributed by atoms with Gasteiger partial charge in [0.1, 0.15) is 11.4 Å². The highest BCUT2D eigenvalue weighted by Gasteiger charge is 2.23. The highest BCUT2D eigenvalue weighted by molar-refractivity contribution is 5.98. The van der Waals surface area contributed by atoms with Gasteiger partial charge in [-0.25, -0.2) is 4.98 Å². The number of anilines is 3. The van der Waals surface area contributed by atoms with Gasteiger partial charge in [0, 0.05) is 24.0 Å². The summed E-state index contributed by atoms with van der Waals surface area (Å²) in [6.45, 7) is 1.96. The van der Waals surface area contributed by atoms with Crippen molar-refractivity contribution in [3.05, 3.63) is 47.9 Å². The van der Waals surface area contributed by atoms with Crippen molar-refractivity contribution in [3.63, 3.8) is 0 Å². The monoisotopic (exact) mass is 407 g/mol. The first kappa shape index (κ1) is 19.8. The third-order valence-electron chi connectivity index (χ3n) is 5.16. The fourth-order valence-electron chi connectivity index (χ4n) is 3.67. The lowest BCUT2D eigenvalue weighted by Gasteiger charge is -2.29. The first-order valence-corrected chi connectivity index (χ1v) is 9.94. The third-order valence-corrected chi connectivity index (χ3v) is 5.16. The topological polar surface area (TPSA) is 150 Å². The van der Waals surface area contributed by atoms with E-state index in [0.717, 1.165) is 42.6 Å². The van der Waals surface area contributed by atoms with Crippen molar-refractivity contribution >= 4 is 23.4 Å². The highest BCUT2D eigenvalue weighted by Crippen LogP contribution is 2.25. The minimum Gasteiger partial charge on any atom is -0.365 e. The zero-order chi connectivity index (χ0) is 21.1. The van der Waals surface area contributed by atoms with E-state index < -0.39 is 5.91 Å². The second-order valence-corrected chi connectivity index (χ2v) is 7.52. The van der Waals surface area contributed by atoms with Crippen LogP contribution in [0.15, 0.2) is 36.8 Å². The second kappa shape index (κ2) is 8.46. The molecule has 0 aliphatic heterocycles. The minimum absolute atomic E-state index is 0.0514. The molecule has 4 rings (SSSR count). The van der Waals surface area contributed by atoms with Gasteiger partial charge in [-0.3, -0.25) is 4.79 Å². The fraction of sp³-hybridized carbons (Fsp3) is 0.350. The first-order valence-electron chi connectivity index (χ1n) is 9.94. The summed E-state index contributed by atoms with van der Waals surface area (Å²) in [4.78, 5) is 22.2. The van der Waals surface area contributed by atoms with E-state index in [4.69, 9.17) is 11.5 Å². The number of nitrogens with two attached hydrogens (primary N) is 2. The lowest BCUT2D eigenvalue weighted by Crippen LogP contribution is -2.43. The molecule has 2 heterocycles. The van der Waals surface area contributed by atoms with E-state index >= 15 is 0 Å². The molecule has 1 saturated carbocycles. The van der Waals surface area contributed by atoms with E-state index in [1.807, 2.05) is 25.1 Å². The van der Waals surface area contributed by atoms with Gasteiger partial charge in [-0.2, -0.15) is 20.0 Å². The Morgan fingerprint density at radius 2 is 1.93 bits per heavy atom. The molecule has 0 spiro atoms. The summed E-state index contributed by atoms with van der Waals surface area (Å²) < 4.78 is 0. The molecule has 2 atom stereocenters. The number of carbonyl (C=O) groups excluding carboxylic acids is 1. The van der Waals surface area contributed by atoms with Crippen LogP contribution in [0, 0.1) is 6.92 Å². The van der Waals surface area contributed by atoms with E-state index in [-0.39, 0.29) is 17.6 Å². The summed E-state index contributed by atoms with van der Waals surface area (Å²) >= 11 is 0. The number of aromatic nitrogens is 5. The van der Waals surface area contributed by atoms with Gasteiger partial charge < -0.3 is 22.1 Å². The zero-order valence-electron chi connectivity index (χ0n) is 16.7. The normalized spacial score (nSPS) is 18.7. The molecule has 1 aliphatic carbocycles. The molecule has 1 amide bonds. The van der Waals surface area contributed by atoms with Crippen molar-refractivity contribution in [2.24, 2.45) is 11.5 Å². The van der Waals surface area contributed by atoms with Crippen molar-refractivity contribution in [1.82, 2.24) is 25.0 Å². The SMILES string of the molecule is Cc1cc(Nc2nc(N[C@@H]3CCCC[C@@H]3N)ncc2C(N)=O)cc(-n2nccn2)c1. The maximum absolute atomic E-state index is 11.9. The predicted octanol–water partition coefficient (Wildman–Crippen LogP) is 1.89. The minimum atomic E-state index is -0.611. The number of amides is 1. The summed E-state index contributed by atoms with van der Waals surface area (Å²) in [6, 6.07) is 5.91. The Morgan fingerprint density at radius 3 is 2.67 bits per heavy atom. The molecule has 156 valence electrons. The van der Waals surface area contributed by atoms with E-state index in [2.05, 4.69) is 30.8 Å². The van der Waals surface area contributed by atoms with Gasteiger partial charge in [0.25, 0.3) is 5.91 Å². The highest BCUT2D eigenvalue weighted by atomic mass is 16.1. The predicted molar refractivity (Wildman–Crippen MR) is 114 cm³/mol. The Kier molecular flexibility index (Phi) is 5.57. The Hall–Kier alpha value is -3.53. The van der Waals surface area contributed by atoms with Crippen LogP contribution in [0.4, 0.5) is 17.5 Å². The van der Waals surface area contributed by atoms with E-state index in [1.165, 1.54) is 11.0 Å². The molecule has 10 heteroatoms. The molecule has 1 aromatic carbocycles. The number of carbonyl (C=O) groups is 1. The van der Waals surface area contributed by atoms with Crippen LogP contribution in [0.2, 0.25) is 0 Å². The lowest BCUT2D eigenvalue weighted by atomic mass is 9.91. The molecular weight excluding hydrogens is 382 g/mol. The Bertz CT molecular complexity index is 1030. The van der Waals surface area contributed by atoms with Crippen LogP contribution in [0.25, 0.3) is 5.69 Å². The van der Waals surface area contributed by atoms with Crippen LogP contribution in [0.1, 0.15) is 41.6 Å². The van der Waals surface area contributed by atoms with E-state index in [1.54, 1.807) is 12.4 Å². The summed E-state index contributed by atoms with van der Waals surface area (Å²) in [5.41, 5.74) is 14.5. The fourth-order valence-corrected chi connectivity index (χ4v) is 3.67. The van der Waals surface area contributed by atoms with Crippen LogP contribution in [0.3, 0.4) is 0 Å². The Labute approximate surface area is 174 Å². The standard InChI is InChI=1S/C20H25N9O/c1-12-8-13(10-14(9-12)29-24-6-7-25-29)26-19-15(18(22)30)11-23-20(28-19)27-17-5-3-2-4-16(17)21/h6-11,16-17H,2-5,21H2,1H3,(H2,22,30)(H2,23,26,27,28)/t16-,17+/m0/s1. The lowest BCUT2D eigenvalue weighted by molar-refractivity contribution is 0.100. The summed E-state index contributed by atoms with van der Waals surface area (Å²) in [6.07, 6.45) is 8.83. The number of primary amides is 1. The number of benzene rings is 1. The molecule has 10 nitrogen and oxygen atoms in total. The van der Waals surface area contributed by atoms with Gasteiger partial charge in [-0.15, -0.1) is 0 Å². The molecule has 1 fully saturated rings. The number of hydrogen-bond acceptors (Lipinski definition) is 8. The molecule has 0 unspecified atom stereocenters. The average molecular weight is 407 g/mol. The van der Waals surface area contributed by atoms with Crippen LogP contribution >= 0.6 is 0 Å². The van der Waals surface area contributed by atoms with Gasteiger partial charge in [0.2, 0.25) is 5.95 Å². The van der Waals surface area contributed by atoms with Gasteiger partial charge in [0.15, 0.2) is 0 Å². The van der Waals surface area contributed by atoms with Crippen LogP contribution < -0.4 is 22.1 Å². The number of hydrogen-bond donors (Lipinski definition) is 4. The molecule has 6 N–H and O–H groups in total. The van der Waals surface area contributed by atoms with Gasteiger partial charge in [-0.1, -0.05) is 12.8 Å². The van der Waals surface area contributed by atoms with E-state index in [9.17, 15) is 4.79 Å². The van der Waals surface area contributed by atoms with Crippen molar-refractivity contribution < 1.29 is 4.79 Å². The molecule has 30 heavy (non-hydrogen) atoms. The maximum Gasteiger partial charge on any atom is 0.254 e. The molecule has 0 saturated heterocycles. The molecule has 1 aliphatic rings. The van der Waals surface area contributed by atoms with Crippen molar-refractivity contribution in [2.45, 2.75) is 44.7 Å². The number of rotatable bonds is 6. The van der Waals surface area contributed by atoms with Crippen LogP contribution in [-0.2, 0) is 0 Å². The van der Waals surface area contributed by atoms with Crippen LogP contribution in [0.5, 0.6) is 0 Å². The molecule has 2 aromatic heterocycles. The molecular formula is C20H25N9O. The largest absolute Gasteiger partial charge is 0.365 e. The molecule has 0 radical (unpaired) electrons. The van der Waals surface area contributed by atoms with Gasteiger partial charge in [0.05, 0.1) is 18.1 Å². The molecule has 0 bridgehead atoms. The summed E-state index contributed by atoms with van der Waals surface area (Å²) in [5.74, 6) is 0.126. The third kappa shape index (κ3) is 4.38. The zero-order valence-corrected chi connectivity index (χ0v) is 16.7. The second-order valence-electron chi connectivity index (χ2n) is 7.52. The van der Waals surface area contributed by atoms with E-state index in [0.29, 0.717) is 11.8 Å². The van der Waals surface area contributed by atoms with Crippen molar-refractivity contribution in [3.8, 4) is 5.69 Å². The first-order chi connectivity index (χ1) is 14.5. The van der Waals surface area contributed by atoms with Crippen molar-refractivity contribution in [2.75, 3.05) is 10.6 Å². The number of nitrogens with one attached hydrogen (secondary N) is 2.